The average molecular weight is 466 g/mol. The first-order chi connectivity index (χ1) is 16.4. The van der Waals surface area contributed by atoms with Crippen molar-refractivity contribution in [2.45, 2.75) is 26.4 Å². The summed E-state index contributed by atoms with van der Waals surface area (Å²) in [5.74, 6) is -0.460. The van der Waals surface area contributed by atoms with Crippen LogP contribution in [-0.2, 0) is 17.9 Å². The van der Waals surface area contributed by atoms with E-state index >= 15 is 0 Å². The number of hydrogen-bond acceptors (Lipinski definition) is 6. The van der Waals surface area contributed by atoms with Gasteiger partial charge in [-0.1, -0.05) is 37.3 Å². The highest BCUT2D eigenvalue weighted by Crippen LogP contribution is 2.28. The third kappa shape index (κ3) is 6.12. The molecule has 0 aliphatic carbocycles. The number of hydrazine groups is 1. The summed E-state index contributed by atoms with van der Waals surface area (Å²) < 4.78 is 12.9. The third-order valence-corrected chi connectivity index (χ3v) is 4.84. The number of methoxy groups -OCH3 is 1. The number of rotatable bonds is 9. The SMILES string of the molecule is CCCOc1ccc(C(=O)NNC(=O)Cn2c(=O)ccn(Cc3ccccc3)c2=O)cc1OC. The second-order valence-electron chi connectivity index (χ2n) is 7.35. The number of carbonyl (C=O) groups excluding carboxylic acids is 2. The second kappa shape index (κ2) is 11.5. The van der Waals surface area contributed by atoms with Crippen LogP contribution in [0.5, 0.6) is 11.5 Å². The van der Waals surface area contributed by atoms with Crippen molar-refractivity contribution < 1.29 is 19.1 Å². The zero-order valence-electron chi connectivity index (χ0n) is 18.9. The van der Waals surface area contributed by atoms with Gasteiger partial charge in [0.05, 0.1) is 20.3 Å². The molecule has 10 nitrogen and oxygen atoms in total. The first-order valence-corrected chi connectivity index (χ1v) is 10.7. The Bertz CT molecular complexity index is 1270. The summed E-state index contributed by atoms with van der Waals surface area (Å²) in [4.78, 5) is 49.6. The number of benzene rings is 2. The van der Waals surface area contributed by atoms with E-state index in [-0.39, 0.29) is 12.1 Å². The topological polar surface area (TPSA) is 121 Å². The van der Waals surface area contributed by atoms with E-state index in [4.69, 9.17) is 9.47 Å². The fourth-order valence-corrected chi connectivity index (χ4v) is 3.12. The van der Waals surface area contributed by atoms with Crippen molar-refractivity contribution in [2.75, 3.05) is 13.7 Å². The number of amides is 2. The van der Waals surface area contributed by atoms with Crippen LogP contribution >= 0.6 is 0 Å². The van der Waals surface area contributed by atoms with Crippen LogP contribution in [0.25, 0.3) is 0 Å². The molecule has 0 saturated heterocycles. The van der Waals surface area contributed by atoms with Crippen LogP contribution in [0.4, 0.5) is 0 Å². The van der Waals surface area contributed by atoms with Gasteiger partial charge in [0.25, 0.3) is 17.4 Å². The third-order valence-electron chi connectivity index (χ3n) is 4.84. The Labute approximate surface area is 195 Å². The van der Waals surface area contributed by atoms with Crippen molar-refractivity contribution >= 4 is 11.8 Å². The van der Waals surface area contributed by atoms with Crippen molar-refractivity contribution in [1.29, 1.82) is 0 Å². The van der Waals surface area contributed by atoms with E-state index in [1.54, 1.807) is 6.07 Å². The van der Waals surface area contributed by atoms with Gasteiger partial charge in [-0.25, -0.2) is 4.79 Å². The number of nitrogens with one attached hydrogen (secondary N) is 2. The summed E-state index contributed by atoms with van der Waals surface area (Å²) in [6.07, 6.45) is 2.20. The lowest BCUT2D eigenvalue weighted by Crippen LogP contribution is -2.47. The summed E-state index contributed by atoms with van der Waals surface area (Å²) in [7, 11) is 1.46. The predicted octanol–water partition coefficient (Wildman–Crippen LogP) is 1.32. The van der Waals surface area contributed by atoms with Crippen LogP contribution in [-0.4, -0.2) is 34.7 Å². The van der Waals surface area contributed by atoms with Crippen LogP contribution in [0.2, 0.25) is 0 Å². The van der Waals surface area contributed by atoms with Gasteiger partial charge in [-0.05, 0) is 30.2 Å². The van der Waals surface area contributed by atoms with Crippen LogP contribution in [0, 0.1) is 0 Å². The maximum atomic E-state index is 12.7. The lowest BCUT2D eigenvalue weighted by atomic mass is 10.2. The van der Waals surface area contributed by atoms with E-state index < -0.39 is 29.6 Å². The number of aromatic nitrogens is 2. The average Bonchev–Trinajstić information content (AvgIpc) is 2.86. The molecule has 2 amide bonds. The second-order valence-corrected chi connectivity index (χ2v) is 7.35. The first kappa shape index (κ1) is 24.3. The Morgan fingerprint density at radius 2 is 1.74 bits per heavy atom. The van der Waals surface area contributed by atoms with Crippen molar-refractivity contribution in [1.82, 2.24) is 20.0 Å². The molecule has 178 valence electrons. The van der Waals surface area contributed by atoms with Crippen LogP contribution in [0.1, 0.15) is 29.3 Å². The molecule has 0 saturated carbocycles. The Balaban J connectivity index is 1.65. The molecule has 0 bridgehead atoms. The molecule has 1 aromatic heterocycles. The van der Waals surface area contributed by atoms with Crippen molar-refractivity contribution in [3.05, 3.63) is 92.8 Å². The maximum Gasteiger partial charge on any atom is 0.331 e. The van der Waals surface area contributed by atoms with Gasteiger partial charge in [0, 0.05) is 17.8 Å². The molecule has 0 unspecified atom stereocenters. The summed E-state index contributed by atoms with van der Waals surface area (Å²) >= 11 is 0. The lowest BCUT2D eigenvalue weighted by Gasteiger charge is -2.13. The van der Waals surface area contributed by atoms with Crippen LogP contribution in [0.15, 0.2) is 70.4 Å². The van der Waals surface area contributed by atoms with E-state index in [2.05, 4.69) is 10.9 Å². The van der Waals surface area contributed by atoms with E-state index in [9.17, 15) is 19.2 Å². The fraction of sp³-hybridized carbons (Fsp3) is 0.250. The summed E-state index contributed by atoms with van der Waals surface area (Å²) in [5.41, 5.74) is 4.33. The molecular weight excluding hydrogens is 440 g/mol. The zero-order chi connectivity index (χ0) is 24.5. The molecule has 0 spiro atoms. The molecule has 3 rings (SSSR count). The lowest BCUT2D eigenvalue weighted by molar-refractivity contribution is -0.122. The molecule has 0 fully saturated rings. The predicted molar refractivity (Wildman–Crippen MR) is 125 cm³/mol. The normalized spacial score (nSPS) is 10.4. The van der Waals surface area contributed by atoms with Gasteiger partial charge in [-0.3, -0.25) is 34.4 Å². The smallest absolute Gasteiger partial charge is 0.331 e. The van der Waals surface area contributed by atoms with E-state index in [0.717, 1.165) is 16.6 Å². The minimum Gasteiger partial charge on any atom is -0.493 e. The van der Waals surface area contributed by atoms with E-state index in [0.29, 0.717) is 18.1 Å². The van der Waals surface area contributed by atoms with Gasteiger partial charge in [-0.2, -0.15) is 0 Å². The molecule has 0 atom stereocenters. The summed E-state index contributed by atoms with van der Waals surface area (Å²) in [5, 5.41) is 0. The van der Waals surface area contributed by atoms with Crippen molar-refractivity contribution in [3.8, 4) is 11.5 Å². The molecule has 2 aromatic carbocycles. The monoisotopic (exact) mass is 466 g/mol. The Kier molecular flexibility index (Phi) is 8.22. The Morgan fingerprint density at radius 3 is 2.44 bits per heavy atom. The molecule has 0 aliphatic heterocycles. The Hall–Kier alpha value is -4.34. The van der Waals surface area contributed by atoms with Gasteiger partial charge >= 0.3 is 5.69 Å². The minimum atomic E-state index is -0.736. The van der Waals surface area contributed by atoms with Gasteiger partial charge in [-0.15, -0.1) is 0 Å². The van der Waals surface area contributed by atoms with E-state index in [1.165, 1.54) is 36.1 Å². The molecule has 34 heavy (non-hydrogen) atoms. The molecule has 3 aromatic rings. The standard InChI is InChI=1S/C24H26N4O6/c1-3-13-34-19-10-9-18(14-20(19)33-2)23(31)26-25-21(29)16-28-22(30)11-12-27(24(28)32)15-17-7-5-4-6-8-17/h4-12,14H,3,13,15-16H2,1-2H3,(H,25,29)(H,26,31). The van der Waals surface area contributed by atoms with Gasteiger partial charge < -0.3 is 9.47 Å². The quantitative estimate of drug-likeness (QED) is 0.459. The number of carbonyl (C=O) groups is 2. The molecule has 2 N–H and O–H groups in total. The number of hydrogen-bond donors (Lipinski definition) is 2. The molecule has 10 heteroatoms. The highest BCUT2D eigenvalue weighted by atomic mass is 16.5. The van der Waals surface area contributed by atoms with Gasteiger partial charge in [0.15, 0.2) is 11.5 Å². The van der Waals surface area contributed by atoms with E-state index in [1.807, 2.05) is 37.3 Å². The zero-order valence-corrected chi connectivity index (χ0v) is 18.9. The Morgan fingerprint density at radius 1 is 0.971 bits per heavy atom. The number of ether oxygens (including phenoxy) is 2. The number of nitrogens with zero attached hydrogens (tertiary/aromatic N) is 2. The maximum absolute atomic E-state index is 12.7. The summed E-state index contributed by atoms with van der Waals surface area (Å²) in [6.45, 7) is 2.17. The first-order valence-electron chi connectivity index (χ1n) is 10.7. The highest BCUT2D eigenvalue weighted by Gasteiger charge is 2.14. The van der Waals surface area contributed by atoms with Crippen LogP contribution in [0.3, 0.4) is 0 Å². The molecule has 1 heterocycles. The fourth-order valence-electron chi connectivity index (χ4n) is 3.12. The van der Waals surface area contributed by atoms with Crippen LogP contribution < -0.4 is 31.6 Å². The minimum absolute atomic E-state index is 0.225. The molecular formula is C24H26N4O6. The van der Waals surface area contributed by atoms with Crippen molar-refractivity contribution in [3.63, 3.8) is 0 Å². The molecule has 0 radical (unpaired) electrons. The highest BCUT2D eigenvalue weighted by molar-refractivity contribution is 5.96. The molecule has 0 aliphatic rings. The largest absolute Gasteiger partial charge is 0.493 e. The van der Waals surface area contributed by atoms with Gasteiger partial charge in [0.1, 0.15) is 6.54 Å². The van der Waals surface area contributed by atoms with Crippen molar-refractivity contribution in [2.24, 2.45) is 0 Å². The summed E-state index contributed by atoms with van der Waals surface area (Å²) in [6, 6.07) is 15.1. The van der Waals surface area contributed by atoms with Gasteiger partial charge in [0.2, 0.25) is 0 Å².